The van der Waals surface area contributed by atoms with Gasteiger partial charge in [0.2, 0.25) is 5.88 Å². The maximum Gasteiger partial charge on any atom is 0.236 e. The van der Waals surface area contributed by atoms with E-state index >= 15 is 0 Å². The summed E-state index contributed by atoms with van der Waals surface area (Å²) in [5.41, 5.74) is 0.992. The number of hydrogen-bond acceptors (Lipinski definition) is 4. The van der Waals surface area contributed by atoms with E-state index in [1.165, 1.54) is 6.33 Å². The molecule has 0 spiro atoms. The second-order valence-corrected chi connectivity index (χ2v) is 6.24. The maximum absolute atomic E-state index is 5.91. The van der Waals surface area contributed by atoms with Gasteiger partial charge in [-0.3, -0.25) is 0 Å². The monoisotopic (exact) mass is 336 g/mol. The molecule has 0 aliphatic carbocycles. The molecule has 0 unspecified atom stereocenters. The van der Waals surface area contributed by atoms with Gasteiger partial charge in [-0.15, -0.1) is 0 Å². The molecule has 2 aromatic rings. The van der Waals surface area contributed by atoms with Crippen molar-refractivity contribution in [1.29, 1.82) is 0 Å². The fourth-order valence-electron chi connectivity index (χ4n) is 1.79. The zero-order valence-corrected chi connectivity index (χ0v) is 13.6. The second kappa shape index (κ2) is 5.79. The lowest BCUT2D eigenvalue weighted by Gasteiger charge is -2.23. The highest BCUT2D eigenvalue weighted by atomic mass is 79.9. The molecule has 1 aromatic carbocycles. The molecule has 0 aliphatic heterocycles. The molecule has 106 valence electrons. The number of aromatic nitrogens is 2. The van der Waals surface area contributed by atoms with Crippen LogP contribution in [0, 0.1) is 0 Å². The zero-order chi connectivity index (χ0) is 14.8. The topological polar surface area (TPSA) is 44.2 Å². The molecule has 5 heteroatoms. The Morgan fingerprint density at radius 3 is 2.55 bits per heavy atom. The number of nitrogens with zero attached hydrogens (tertiary/aromatic N) is 2. The van der Waals surface area contributed by atoms with Gasteiger partial charge in [-0.05, 0) is 39.5 Å². The molecule has 0 radical (unpaired) electrons. The molecule has 2 rings (SSSR count). The Kier molecular flexibility index (Phi) is 4.28. The summed E-state index contributed by atoms with van der Waals surface area (Å²) in [7, 11) is 1.66. The molecular weight excluding hydrogens is 320 g/mol. The number of rotatable bonds is 3. The number of benzene rings is 1. The van der Waals surface area contributed by atoms with Gasteiger partial charge in [0.05, 0.1) is 11.6 Å². The second-order valence-electron chi connectivity index (χ2n) is 5.39. The lowest BCUT2D eigenvalue weighted by Crippen LogP contribution is -2.13. The van der Waals surface area contributed by atoms with Crippen LogP contribution >= 0.6 is 15.9 Å². The fraction of sp³-hybridized carbons (Fsp3) is 0.333. The minimum absolute atomic E-state index is 0.0661. The number of hydrogen-bond donors (Lipinski definition) is 0. The van der Waals surface area contributed by atoms with Gasteiger partial charge in [-0.1, -0.05) is 20.8 Å². The maximum atomic E-state index is 5.91. The van der Waals surface area contributed by atoms with Crippen molar-refractivity contribution in [1.82, 2.24) is 9.97 Å². The molecule has 0 saturated heterocycles. The first-order valence-electron chi connectivity index (χ1n) is 6.23. The van der Waals surface area contributed by atoms with E-state index in [0.29, 0.717) is 5.88 Å². The van der Waals surface area contributed by atoms with E-state index < -0.39 is 0 Å². The molecular formula is C15H17BrN2O2. The SMILES string of the molecule is COc1ccc(Oc2ncncc2Br)c(C(C)(C)C)c1. The Hall–Kier alpha value is -1.62. The van der Waals surface area contributed by atoms with Crippen molar-refractivity contribution in [3.63, 3.8) is 0 Å². The molecule has 0 saturated carbocycles. The molecule has 0 atom stereocenters. The van der Waals surface area contributed by atoms with E-state index in [4.69, 9.17) is 9.47 Å². The van der Waals surface area contributed by atoms with Crippen molar-refractivity contribution < 1.29 is 9.47 Å². The first kappa shape index (κ1) is 14.8. The largest absolute Gasteiger partial charge is 0.497 e. The zero-order valence-electron chi connectivity index (χ0n) is 12.0. The van der Waals surface area contributed by atoms with Crippen LogP contribution in [0.2, 0.25) is 0 Å². The van der Waals surface area contributed by atoms with Crippen LogP contribution < -0.4 is 9.47 Å². The molecule has 1 heterocycles. The van der Waals surface area contributed by atoms with E-state index in [9.17, 15) is 0 Å². The molecule has 0 aliphatic rings. The number of ether oxygens (including phenoxy) is 2. The van der Waals surface area contributed by atoms with Gasteiger partial charge in [0.15, 0.2) is 0 Å². The van der Waals surface area contributed by atoms with Gasteiger partial charge in [-0.25, -0.2) is 9.97 Å². The predicted molar refractivity (Wildman–Crippen MR) is 81.5 cm³/mol. The molecule has 0 fully saturated rings. The summed E-state index contributed by atoms with van der Waals surface area (Å²) < 4.78 is 11.9. The predicted octanol–water partition coefficient (Wildman–Crippen LogP) is 4.34. The highest BCUT2D eigenvalue weighted by molar-refractivity contribution is 9.10. The Morgan fingerprint density at radius 1 is 1.20 bits per heavy atom. The first-order valence-corrected chi connectivity index (χ1v) is 7.03. The van der Waals surface area contributed by atoms with Crippen molar-refractivity contribution in [3.8, 4) is 17.4 Å². The molecule has 0 N–H and O–H groups in total. The van der Waals surface area contributed by atoms with Crippen molar-refractivity contribution in [3.05, 3.63) is 40.8 Å². The van der Waals surface area contributed by atoms with Crippen LogP contribution in [0.15, 0.2) is 35.2 Å². The lowest BCUT2D eigenvalue weighted by atomic mass is 9.86. The Labute approximate surface area is 127 Å². The van der Waals surface area contributed by atoms with E-state index in [1.54, 1.807) is 13.3 Å². The summed E-state index contributed by atoms with van der Waals surface area (Å²) in [6.07, 6.45) is 3.11. The average Bonchev–Trinajstić information content (AvgIpc) is 2.40. The first-order chi connectivity index (χ1) is 9.41. The summed E-state index contributed by atoms with van der Waals surface area (Å²) in [4.78, 5) is 8.05. The third kappa shape index (κ3) is 3.28. The van der Waals surface area contributed by atoms with Crippen LogP contribution in [-0.2, 0) is 5.41 Å². The highest BCUT2D eigenvalue weighted by Crippen LogP contribution is 2.37. The Balaban J connectivity index is 2.44. The van der Waals surface area contributed by atoms with Crippen LogP contribution in [0.3, 0.4) is 0 Å². The van der Waals surface area contributed by atoms with Crippen molar-refractivity contribution in [2.24, 2.45) is 0 Å². The van der Waals surface area contributed by atoms with E-state index in [2.05, 4.69) is 46.7 Å². The van der Waals surface area contributed by atoms with Crippen LogP contribution in [0.5, 0.6) is 17.4 Å². The van der Waals surface area contributed by atoms with Crippen LogP contribution in [-0.4, -0.2) is 17.1 Å². The minimum atomic E-state index is -0.0661. The smallest absolute Gasteiger partial charge is 0.236 e. The minimum Gasteiger partial charge on any atom is -0.497 e. The molecule has 0 amide bonds. The molecule has 4 nitrogen and oxygen atoms in total. The Morgan fingerprint density at radius 2 is 1.95 bits per heavy atom. The molecule has 20 heavy (non-hydrogen) atoms. The van der Waals surface area contributed by atoms with Gasteiger partial charge < -0.3 is 9.47 Å². The summed E-state index contributed by atoms with van der Waals surface area (Å²) in [6.45, 7) is 6.39. The van der Waals surface area contributed by atoms with E-state index in [0.717, 1.165) is 21.5 Å². The quantitative estimate of drug-likeness (QED) is 0.836. The van der Waals surface area contributed by atoms with Gasteiger partial charge in [0, 0.05) is 11.8 Å². The normalized spacial score (nSPS) is 11.2. The molecule has 1 aromatic heterocycles. The number of halogens is 1. The van der Waals surface area contributed by atoms with Crippen molar-refractivity contribution >= 4 is 15.9 Å². The Bertz CT molecular complexity index is 609. The van der Waals surface area contributed by atoms with E-state index in [1.807, 2.05) is 18.2 Å². The summed E-state index contributed by atoms with van der Waals surface area (Å²) in [6, 6.07) is 5.76. The molecule has 0 bridgehead atoms. The number of methoxy groups -OCH3 is 1. The van der Waals surface area contributed by atoms with Crippen LogP contribution in [0.4, 0.5) is 0 Å². The highest BCUT2D eigenvalue weighted by Gasteiger charge is 2.21. The van der Waals surface area contributed by atoms with Gasteiger partial charge in [0.1, 0.15) is 17.8 Å². The van der Waals surface area contributed by atoms with Crippen molar-refractivity contribution in [2.45, 2.75) is 26.2 Å². The summed E-state index contributed by atoms with van der Waals surface area (Å²) in [5.74, 6) is 2.07. The van der Waals surface area contributed by atoms with Gasteiger partial charge >= 0.3 is 0 Å². The standard InChI is InChI=1S/C15H17BrN2O2/c1-15(2,3)11-7-10(19-4)5-6-13(11)20-14-12(16)8-17-9-18-14/h5-9H,1-4H3. The lowest BCUT2D eigenvalue weighted by molar-refractivity contribution is 0.404. The van der Waals surface area contributed by atoms with Crippen molar-refractivity contribution in [2.75, 3.05) is 7.11 Å². The van der Waals surface area contributed by atoms with Gasteiger partial charge in [-0.2, -0.15) is 0 Å². The summed E-state index contributed by atoms with van der Waals surface area (Å²) in [5, 5.41) is 0. The summed E-state index contributed by atoms with van der Waals surface area (Å²) >= 11 is 3.38. The van der Waals surface area contributed by atoms with Crippen LogP contribution in [0.1, 0.15) is 26.3 Å². The third-order valence-corrected chi connectivity index (χ3v) is 3.38. The average molecular weight is 337 g/mol. The van der Waals surface area contributed by atoms with Crippen LogP contribution in [0.25, 0.3) is 0 Å². The third-order valence-electron chi connectivity index (χ3n) is 2.84. The van der Waals surface area contributed by atoms with Gasteiger partial charge in [0.25, 0.3) is 0 Å². The van der Waals surface area contributed by atoms with E-state index in [-0.39, 0.29) is 5.41 Å². The fourth-order valence-corrected chi connectivity index (χ4v) is 2.09.